The van der Waals surface area contributed by atoms with Crippen LogP contribution in [0, 0.1) is 6.92 Å². The van der Waals surface area contributed by atoms with Crippen LogP contribution in [0.5, 0.6) is 0 Å². The Balaban J connectivity index is 2.52. The summed E-state index contributed by atoms with van der Waals surface area (Å²) >= 11 is 4.97. The lowest BCUT2D eigenvalue weighted by Crippen LogP contribution is -2.44. The molecule has 1 N–H and O–H groups in total. The Bertz CT molecular complexity index is 675. The number of hydrogen-bond acceptors (Lipinski definition) is 4. The van der Waals surface area contributed by atoms with E-state index in [1.54, 1.807) is 18.7 Å². The summed E-state index contributed by atoms with van der Waals surface area (Å²) in [6, 6.07) is 2.62. The molecule has 0 saturated carbocycles. The first-order chi connectivity index (χ1) is 9.75. The van der Waals surface area contributed by atoms with Gasteiger partial charge in [0.05, 0.1) is 10.5 Å². The number of carbonyl (C=O) groups is 1. The Labute approximate surface area is 136 Å². The van der Waals surface area contributed by atoms with E-state index >= 15 is 0 Å². The van der Waals surface area contributed by atoms with Crippen molar-refractivity contribution in [2.45, 2.75) is 24.8 Å². The van der Waals surface area contributed by atoms with Gasteiger partial charge in [0.15, 0.2) is 0 Å². The monoisotopic (exact) mass is 393 g/mol. The van der Waals surface area contributed by atoms with Gasteiger partial charge in [-0.2, -0.15) is 16.1 Å². The average molecular weight is 394 g/mol. The number of carboxylic acid groups (broad SMARTS) is 1. The van der Waals surface area contributed by atoms with Crippen molar-refractivity contribution in [3.05, 3.63) is 27.7 Å². The largest absolute Gasteiger partial charge is 0.478 e. The van der Waals surface area contributed by atoms with Crippen molar-refractivity contribution in [2.75, 3.05) is 18.1 Å². The summed E-state index contributed by atoms with van der Waals surface area (Å²) in [4.78, 5) is 11.3. The summed E-state index contributed by atoms with van der Waals surface area (Å²) in [5.41, 5.74) is 0.519. The summed E-state index contributed by atoms with van der Waals surface area (Å²) < 4.78 is 27.4. The second-order valence-electron chi connectivity index (χ2n) is 4.92. The van der Waals surface area contributed by atoms with Crippen LogP contribution in [0.25, 0.3) is 0 Å². The van der Waals surface area contributed by atoms with Crippen molar-refractivity contribution in [1.29, 1.82) is 0 Å². The minimum absolute atomic E-state index is 0.00184. The van der Waals surface area contributed by atoms with E-state index in [4.69, 9.17) is 0 Å². The number of sulfonamides is 1. The highest BCUT2D eigenvalue weighted by molar-refractivity contribution is 9.10. The molecule has 0 radical (unpaired) electrons. The predicted molar refractivity (Wildman–Crippen MR) is 86.5 cm³/mol. The molecule has 0 amide bonds. The second-order valence-corrected chi connectivity index (χ2v) is 8.82. The standard InChI is InChI=1S/C13H16BrNO4S2/c1-8-7-20-4-3-15(8)21(18,19)10-5-11(13(16)17)9(2)12(14)6-10/h5-6,8H,3-4,7H2,1-2H3,(H,16,17). The van der Waals surface area contributed by atoms with Crippen molar-refractivity contribution < 1.29 is 18.3 Å². The van der Waals surface area contributed by atoms with E-state index in [0.29, 0.717) is 16.6 Å². The molecule has 1 saturated heterocycles. The van der Waals surface area contributed by atoms with E-state index in [-0.39, 0.29) is 16.5 Å². The third-order valence-corrected chi connectivity index (χ3v) is 7.47. The van der Waals surface area contributed by atoms with Gasteiger partial charge in [-0.1, -0.05) is 15.9 Å². The van der Waals surface area contributed by atoms with E-state index in [0.717, 1.165) is 11.5 Å². The molecule has 1 atom stereocenters. The minimum Gasteiger partial charge on any atom is -0.478 e. The molecule has 1 aromatic carbocycles. The number of aromatic carboxylic acids is 1. The molecule has 8 heteroatoms. The maximum atomic E-state index is 12.7. The number of benzene rings is 1. The molecule has 0 bridgehead atoms. The normalized spacial score (nSPS) is 20.4. The Hall–Kier alpha value is -0.570. The van der Waals surface area contributed by atoms with Crippen LogP contribution in [0.4, 0.5) is 0 Å². The van der Waals surface area contributed by atoms with Crippen LogP contribution in [0.1, 0.15) is 22.8 Å². The van der Waals surface area contributed by atoms with Crippen LogP contribution in [0.3, 0.4) is 0 Å². The first-order valence-corrected chi connectivity index (χ1v) is 9.77. The quantitative estimate of drug-likeness (QED) is 0.853. The van der Waals surface area contributed by atoms with Gasteiger partial charge in [0.1, 0.15) is 0 Å². The van der Waals surface area contributed by atoms with Gasteiger partial charge in [0.2, 0.25) is 10.0 Å². The molecular formula is C13H16BrNO4S2. The molecule has 2 rings (SSSR count). The van der Waals surface area contributed by atoms with E-state index in [9.17, 15) is 18.3 Å². The Morgan fingerprint density at radius 2 is 2.14 bits per heavy atom. The third kappa shape index (κ3) is 3.28. The van der Waals surface area contributed by atoms with Crippen molar-refractivity contribution in [3.63, 3.8) is 0 Å². The Morgan fingerprint density at radius 3 is 2.71 bits per heavy atom. The number of halogens is 1. The summed E-state index contributed by atoms with van der Waals surface area (Å²) in [6.07, 6.45) is 0. The molecule has 0 aliphatic carbocycles. The molecule has 21 heavy (non-hydrogen) atoms. The van der Waals surface area contributed by atoms with Crippen molar-refractivity contribution in [1.82, 2.24) is 4.31 Å². The van der Waals surface area contributed by atoms with Crippen LogP contribution >= 0.6 is 27.7 Å². The fourth-order valence-corrected chi connectivity index (χ4v) is 5.75. The van der Waals surface area contributed by atoms with Gasteiger partial charge in [0.25, 0.3) is 0 Å². The molecule has 1 unspecified atom stereocenters. The van der Waals surface area contributed by atoms with Crippen LogP contribution in [-0.2, 0) is 10.0 Å². The van der Waals surface area contributed by atoms with Crippen LogP contribution < -0.4 is 0 Å². The predicted octanol–water partition coefficient (Wildman–Crippen LogP) is 2.58. The molecule has 1 aromatic rings. The summed E-state index contributed by atoms with van der Waals surface area (Å²) in [7, 11) is -3.68. The van der Waals surface area contributed by atoms with Crippen molar-refractivity contribution in [3.8, 4) is 0 Å². The zero-order valence-corrected chi connectivity index (χ0v) is 14.9. The van der Waals surface area contributed by atoms with Gasteiger partial charge < -0.3 is 5.11 Å². The van der Waals surface area contributed by atoms with Gasteiger partial charge in [-0.3, -0.25) is 0 Å². The van der Waals surface area contributed by atoms with Gasteiger partial charge >= 0.3 is 5.97 Å². The second kappa shape index (κ2) is 6.28. The molecule has 1 aliphatic rings. The minimum atomic E-state index is -3.68. The summed E-state index contributed by atoms with van der Waals surface area (Å²) in [6.45, 7) is 3.96. The lowest BCUT2D eigenvalue weighted by Gasteiger charge is -2.32. The maximum Gasteiger partial charge on any atom is 0.336 e. The molecule has 1 heterocycles. The van der Waals surface area contributed by atoms with E-state index in [2.05, 4.69) is 15.9 Å². The molecular weight excluding hydrogens is 378 g/mol. The average Bonchev–Trinajstić information content (AvgIpc) is 2.41. The molecule has 1 aliphatic heterocycles. The molecule has 0 aromatic heterocycles. The number of rotatable bonds is 3. The number of hydrogen-bond donors (Lipinski definition) is 1. The van der Waals surface area contributed by atoms with Crippen LogP contribution in [-0.4, -0.2) is 47.9 Å². The van der Waals surface area contributed by atoms with E-state index < -0.39 is 16.0 Å². The van der Waals surface area contributed by atoms with Gasteiger partial charge in [-0.25, -0.2) is 13.2 Å². The number of carboxylic acids is 1. The van der Waals surface area contributed by atoms with E-state index in [1.807, 2.05) is 6.92 Å². The van der Waals surface area contributed by atoms with Crippen LogP contribution in [0.15, 0.2) is 21.5 Å². The van der Waals surface area contributed by atoms with Gasteiger partial charge in [0, 0.05) is 28.6 Å². The van der Waals surface area contributed by atoms with Gasteiger partial charge in [-0.15, -0.1) is 0 Å². The van der Waals surface area contributed by atoms with Gasteiger partial charge in [-0.05, 0) is 31.5 Å². The lowest BCUT2D eigenvalue weighted by atomic mass is 10.1. The fourth-order valence-electron chi connectivity index (χ4n) is 2.23. The Morgan fingerprint density at radius 1 is 1.48 bits per heavy atom. The number of thioether (sulfide) groups is 1. The lowest BCUT2D eigenvalue weighted by molar-refractivity contribution is 0.0695. The van der Waals surface area contributed by atoms with Crippen molar-refractivity contribution in [2.24, 2.45) is 0 Å². The van der Waals surface area contributed by atoms with E-state index in [1.165, 1.54) is 16.4 Å². The third-order valence-electron chi connectivity index (χ3n) is 3.46. The molecule has 1 fully saturated rings. The maximum absolute atomic E-state index is 12.7. The van der Waals surface area contributed by atoms with Crippen molar-refractivity contribution >= 4 is 43.7 Å². The Kier molecular flexibility index (Phi) is 5.02. The number of nitrogens with zero attached hydrogens (tertiary/aromatic N) is 1. The highest BCUT2D eigenvalue weighted by Gasteiger charge is 2.32. The molecule has 0 spiro atoms. The SMILES string of the molecule is Cc1c(Br)cc(S(=O)(=O)N2CCSCC2C)cc1C(=O)O. The summed E-state index contributed by atoms with van der Waals surface area (Å²) in [5, 5.41) is 9.21. The molecule has 116 valence electrons. The smallest absolute Gasteiger partial charge is 0.336 e. The zero-order valence-electron chi connectivity index (χ0n) is 11.7. The topological polar surface area (TPSA) is 74.7 Å². The highest BCUT2D eigenvalue weighted by atomic mass is 79.9. The zero-order chi connectivity index (χ0) is 15.8. The highest BCUT2D eigenvalue weighted by Crippen LogP contribution is 2.29. The summed E-state index contributed by atoms with van der Waals surface area (Å²) in [5.74, 6) is 0.368. The van der Waals surface area contributed by atoms with Crippen LogP contribution in [0.2, 0.25) is 0 Å². The molecule has 5 nitrogen and oxygen atoms in total. The first-order valence-electron chi connectivity index (χ1n) is 6.38. The first kappa shape index (κ1) is 16.8. The fraction of sp³-hybridized carbons (Fsp3) is 0.462.